The van der Waals surface area contributed by atoms with Gasteiger partial charge < -0.3 is 15.5 Å². The van der Waals surface area contributed by atoms with E-state index in [4.69, 9.17) is 0 Å². The number of hydrogen-bond acceptors (Lipinski definition) is 5. The first-order valence-electron chi connectivity index (χ1n) is 10.3. The highest BCUT2D eigenvalue weighted by molar-refractivity contribution is 6.21. The summed E-state index contributed by atoms with van der Waals surface area (Å²) < 4.78 is 13.5. The van der Waals surface area contributed by atoms with E-state index in [1.807, 2.05) is 0 Å². The first-order chi connectivity index (χ1) is 15.6. The normalized spacial score (nSPS) is 14.7. The fourth-order valence-corrected chi connectivity index (χ4v) is 3.61. The molecule has 0 aliphatic carbocycles. The summed E-state index contributed by atoms with van der Waals surface area (Å²) in [5.41, 5.74) is -6.32. The van der Waals surface area contributed by atoms with E-state index in [1.54, 1.807) is 24.3 Å². The van der Waals surface area contributed by atoms with Crippen molar-refractivity contribution in [3.8, 4) is 0 Å². The molecule has 0 saturated heterocycles. The first kappa shape index (κ1) is 24.0. The Balaban J connectivity index is 2.26. The number of hydrogen-bond donors (Lipinski definition) is 3. The number of nitrogens with one attached hydrogen (secondary N) is 1. The lowest BCUT2D eigenvalue weighted by Crippen LogP contribution is -2.68. The summed E-state index contributed by atoms with van der Waals surface area (Å²) in [6.07, 6.45) is 0. The summed E-state index contributed by atoms with van der Waals surface area (Å²) in [4.78, 5) is 40.4. The van der Waals surface area contributed by atoms with Crippen molar-refractivity contribution < 1.29 is 29.0 Å². The number of halogens is 1. The molecule has 0 heterocycles. The van der Waals surface area contributed by atoms with Crippen molar-refractivity contribution in [1.82, 2.24) is 0 Å². The van der Waals surface area contributed by atoms with Gasteiger partial charge in [-0.05, 0) is 42.0 Å². The molecule has 0 unspecified atom stereocenters. The molecule has 0 spiro atoms. The molecule has 2 atom stereocenters. The minimum absolute atomic E-state index is 0.168. The van der Waals surface area contributed by atoms with Gasteiger partial charge in [0.1, 0.15) is 5.82 Å². The molecule has 33 heavy (non-hydrogen) atoms. The number of aliphatic hydroxyl groups is 2. The van der Waals surface area contributed by atoms with Crippen molar-refractivity contribution >= 4 is 23.2 Å². The second kappa shape index (κ2) is 9.44. The highest BCUT2D eigenvalue weighted by Gasteiger charge is 2.65. The van der Waals surface area contributed by atoms with Crippen LogP contribution in [0.4, 0.5) is 10.1 Å². The smallest absolute Gasteiger partial charge is 0.268 e. The molecular weight excluding hydrogens is 425 g/mol. The SMILES string of the molecule is CC(C)C(=O)[C@](O)(C(=O)Nc1ccccc1)[C@@](O)(C(=O)c1ccc(F)cc1)c1ccccc1. The third-order valence-corrected chi connectivity index (χ3v) is 5.39. The molecule has 0 radical (unpaired) electrons. The van der Waals surface area contributed by atoms with Gasteiger partial charge >= 0.3 is 0 Å². The van der Waals surface area contributed by atoms with Crippen LogP contribution in [0.5, 0.6) is 0 Å². The zero-order valence-corrected chi connectivity index (χ0v) is 18.2. The van der Waals surface area contributed by atoms with E-state index in [1.165, 1.54) is 50.2 Å². The molecule has 0 aliphatic rings. The van der Waals surface area contributed by atoms with Gasteiger partial charge in [-0.2, -0.15) is 0 Å². The van der Waals surface area contributed by atoms with Crippen LogP contribution in [0.25, 0.3) is 0 Å². The van der Waals surface area contributed by atoms with E-state index >= 15 is 0 Å². The molecule has 0 saturated carbocycles. The number of benzene rings is 3. The number of Topliss-reactive ketones (excluding diaryl/α,β-unsaturated/α-hetero) is 2. The number of ketones is 2. The predicted molar refractivity (Wildman–Crippen MR) is 121 cm³/mol. The van der Waals surface area contributed by atoms with E-state index in [-0.39, 0.29) is 16.8 Å². The van der Waals surface area contributed by atoms with Gasteiger partial charge in [-0.3, -0.25) is 14.4 Å². The highest BCUT2D eigenvalue weighted by Crippen LogP contribution is 2.40. The van der Waals surface area contributed by atoms with E-state index in [2.05, 4.69) is 5.32 Å². The van der Waals surface area contributed by atoms with Crippen LogP contribution in [0.2, 0.25) is 0 Å². The van der Waals surface area contributed by atoms with E-state index in [0.717, 1.165) is 24.3 Å². The van der Waals surface area contributed by atoms with Crippen molar-refractivity contribution in [2.45, 2.75) is 25.0 Å². The second-order valence-electron chi connectivity index (χ2n) is 7.96. The Morgan fingerprint density at radius 3 is 1.85 bits per heavy atom. The van der Waals surface area contributed by atoms with Gasteiger partial charge in [-0.15, -0.1) is 0 Å². The lowest BCUT2D eigenvalue weighted by atomic mass is 9.68. The Morgan fingerprint density at radius 2 is 1.33 bits per heavy atom. The third kappa shape index (κ3) is 4.33. The van der Waals surface area contributed by atoms with Gasteiger partial charge in [0.2, 0.25) is 11.4 Å². The van der Waals surface area contributed by atoms with Crippen LogP contribution in [-0.2, 0) is 15.2 Å². The highest BCUT2D eigenvalue weighted by atomic mass is 19.1. The van der Waals surface area contributed by atoms with E-state index in [0.29, 0.717) is 0 Å². The molecule has 0 aromatic heterocycles. The topological polar surface area (TPSA) is 104 Å². The van der Waals surface area contributed by atoms with Crippen molar-refractivity contribution in [3.05, 3.63) is 102 Å². The zero-order chi connectivity index (χ0) is 24.2. The van der Waals surface area contributed by atoms with Crippen LogP contribution in [0, 0.1) is 11.7 Å². The molecule has 6 nitrogen and oxygen atoms in total. The van der Waals surface area contributed by atoms with Crippen LogP contribution in [0.3, 0.4) is 0 Å². The second-order valence-corrected chi connectivity index (χ2v) is 7.96. The number of carbonyl (C=O) groups is 3. The quantitative estimate of drug-likeness (QED) is 0.361. The van der Waals surface area contributed by atoms with Crippen LogP contribution in [0.1, 0.15) is 29.8 Å². The Hall–Kier alpha value is -3.68. The van der Waals surface area contributed by atoms with Crippen molar-refractivity contribution in [2.24, 2.45) is 5.92 Å². The van der Waals surface area contributed by atoms with E-state index in [9.17, 15) is 29.0 Å². The zero-order valence-electron chi connectivity index (χ0n) is 18.2. The molecule has 1 amide bonds. The van der Waals surface area contributed by atoms with Gasteiger partial charge in [-0.25, -0.2) is 4.39 Å². The fraction of sp³-hybridized carbons (Fsp3) is 0.192. The van der Waals surface area contributed by atoms with Gasteiger partial charge in [-0.1, -0.05) is 62.4 Å². The molecule has 3 aromatic carbocycles. The summed E-state index contributed by atoms with van der Waals surface area (Å²) in [6.45, 7) is 2.88. The first-order valence-corrected chi connectivity index (χ1v) is 10.3. The monoisotopic (exact) mass is 449 g/mol. The predicted octanol–water partition coefficient (Wildman–Crippen LogP) is 3.49. The minimum atomic E-state index is -3.20. The van der Waals surface area contributed by atoms with Gasteiger partial charge in [0.05, 0.1) is 0 Å². The van der Waals surface area contributed by atoms with Gasteiger partial charge in [0, 0.05) is 17.2 Å². The Labute approximate surface area is 190 Å². The van der Waals surface area contributed by atoms with Crippen LogP contribution in [-0.4, -0.2) is 33.3 Å². The molecule has 3 rings (SSSR count). The molecular formula is C26H24FNO5. The lowest BCUT2D eigenvalue weighted by molar-refractivity contribution is -0.175. The maximum absolute atomic E-state index is 13.6. The molecule has 3 N–H and O–H groups in total. The Morgan fingerprint density at radius 1 is 0.818 bits per heavy atom. The molecule has 3 aromatic rings. The fourth-order valence-electron chi connectivity index (χ4n) is 3.61. The Kier molecular flexibility index (Phi) is 6.86. The summed E-state index contributed by atoms with van der Waals surface area (Å²) in [7, 11) is 0. The number of anilines is 1. The van der Waals surface area contributed by atoms with Crippen LogP contribution >= 0.6 is 0 Å². The molecule has 170 valence electrons. The van der Waals surface area contributed by atoms with Crippen LogP contribution in [0.15, 0.2) is 84.9 Å². The van der Waals surface area contributed by atoms with Crippen molar-refractivity contribution in [2.75, 3.05) is 5.32 Å². The summed E-state index contributed by atoms with van der Waals surface area (Å²) >= 11 is 0. The summed E-state index contributed by atoms with van der Waals surface area (Å²) in [5, 5.41) is 26.0. The van der Waals surface area contributed by atoms with Crippen molar-refractivity contribution in [1.29, 1.82) is 0 Å². The van der Waals surface area contributed by atoms with Gasteiger partial charge in [0.15, 0.2) is 11.4 Å². The van der Waals surface area contributed by atoms with Gasteiger partial charge in [0.25, 0.3) is 5.91 Å². The van der Waals surface area contributed by atoms with Crippen molar-refractivity contribution in [3.63, 3.8) is 0 Å². The average Bonchev–Trinajstić information content (AvgIpc) is 2.83. The van der Waals surface area contributed by atoms with E-state index < -0.39 is 40.4 Å². The number of rotatable bonds is 8. The standard InChI is InChI=1S/C26H24FNO5/c1-17(2)22(29)26(33,24(31)28-21-11-7-4-8-12-21)25(32,19-9-5-3-6-10-19)23(30)18-13-15-20(27)16-14-18/h3-17,32-33H,1-2H3,(H,28,31)/t25-,26-/m0/s1. The molecule has 0 bridgehead atoms. The minimum Gasteiger partial charge on any atom is -0.374 e. The average molecular weight is 449 g/mol. The molecule has 7 heteroatoms. The number of carbonyl (C=O) groups excluding carboxylic acids is 3. The molecule has 0 aliphatic heterocycles. The Bertz CT molecular complexity index is 1150. The maximum Gasteiger partial charge on any atom is 0.268 e. The maximum atomic E-state index is 13.6. The largest absolute Gasteiger partial charge is 0.374 e. The molecule has 0 fully saturated rings. The number of amides is 1. The van der Waals surface area contributed by atoms with Crippen LogP contribution < -0.4 is 5.32 Å². The number of para-hydroxylation sites is 1. The lowest BCUT2D eigenvalue weighted by Gasteiger charge is -2.41. The third-order valence-electron chi connectivity index (χ3n) is 5.39. The summed E-state index contributed by atoms with van der Waals surface area (Å²) in [6, 6.07) is 19.5. The summed E-state index contributed by atoms with van der Waals surface area (Å²) in [5.74, 6) is -5.00.